The number of fused-ring (bicyclic) bond motifs is 12. The second-order valence-electron chi connectivity index (χ2n) is 19.4. The minimum Gasteiger partial charge on any atom is -0.375 e. The van der Waals surface area contributed by atoms with Gasteiger partial charge in [-0.1, -0.05) is 164 Å². The van der Waals surface area contributed by atoms with Crippen LogP contribution < -0.4 is 15.8 Å². The van der Waals surface area contributed by atoms with Crippen molar-refractivity contribution in [1.82, 2.24) is 4.48 Å². The lowest BCUT2D eigenvalue weighted by Gasteiger charge is -2.42. The molecule has 8 aromatic rings. The van der Waals surface area contributed by atoms with Crippen LogP contribution in [-0.2, 0) is 16.2 Å². The van der Waals surface area contributed by atoms with Gasteiger partial charge in [0.2, 0.25) is 0 Å². The third kappa shape index (κ3) is 4.19. The Morgan fingerprint density at radius 2 is 1.21 bits per heavy atom. The van der Waals surface area contributed by atoms with Gasteiger partial charge in [0.1, 0.15) is 0 Å². The first kappa shape index (κ1) is 34.0. The highest BCUT2D eigenvalue weighted by Gasteiger charge is 2.49. The maximum atomic E-state index is 2.78. The summed E-state index contributed by atoms with van der Waals surface area (Å²) >= 11 is 0. The van der Waals surface area contributed by atoms with E-state index in [4.69, 9.17) is 0 Å². The first-order chi connectivity index (χ1) is 27.9. The number of aryl methyl sites for hydroxylation is 1. The van der Waals surface area contributed by atoms with Gasteiger partial charge in [-0.3, -0.25) is 0 Å². The molecule has 0 atom stereocenters. The first-order valence-electron chi connectivity index (χ1n) is 21.1. The fourth-order valence-electron chi connectivity index (χ4n) is 11.6. The number of para-hydroxylation sites is 1. The molecule has 4 aliphatic rings. The molecule has 3 heteroatoms. The number of rotatable bonds is 2. The summed E-state index contributed by atoms with van der Waals surface area (Å²) in [4.78, 5) is 2.65. The van der Waals surface area contributed by atoms with E-state index in [0.29, 0.717) is 0 Å². The molecular weight excluding hydrogens is 699 g/mol. The zero-order valence-electron chi connectivity index (χ0n) is 34.8. The molecule has 0 spiro atoms. The molecule has 0 bridgehead atoms. The minimum absolute atomic E-state index is 0.0000359. The van der Waals surface area contributed by atoms with E-state index in [1.165, 1.54) is 117 Å². The van der Waals surface area contributed by atoms with Gasteiger partial charge in [0.25, 0.3) is 0 Å². The highest BCUT2D eigenvalue weighted by molar-refractivity contribution is 6.90. The molecule has 0 saturated heterocycles. The molecule has 0 unspecified atom stereocenters. The summed E-state index contributed by atoms with van der Waals surface area (Å²) in [5, 5.41) is 1.38. The molecular formula is C55H47BN2. The second kappa shape index (κ2) is 11.1. The van der Waals surface area contributed by atoms with Crippen molar-refractivity contribution in [1.29, 1.82) is 0 Å². The Bertz CT molecular complexity index is 3120. The quantitative estimate of drug-likeness (QED) is 0.160. The van der Waals surface area contributed by atoms with E-state index in [1.807, 2.05) is 0 Å². The average molecular weight is 747 g/mol. The average Bonchev–Trinajstić information content (AvgIpc) is 3.77. The van der Waals surface area contributed by atoms with Crippen LogP contribution in [0.4, 0.5) is 17.1 Å². The van der Waals surface area contributed by atoms with Crippen molar-refractivity contribution < 1.29 is 0 Å². The zero-order valence-corrected chi connectivity index (χ0v) is 34.8. The molecule has 0 N–H and O–H groups in total. The lowest BCUT2D eigenvalue weighted by atomic mass is 9.44. The van der Waals surface area contributed by atoms with Crippen LogP contribution in [0.5, 0.6) is 0 Å². The van der Waals surface area contributed by atoms with Crippen molar-refractivity contribution in [3.8, 4) is 44.6 Å². The van der Waals surface area contributed by atoms with Crippen molar-refractivity contribution in [2.24, 2.45) is 0 Å². The standard InChI is InChI=1S/C55H47BN2/c1-32-27-41-36-21-16-22-38-49-52(37-20-13-15-24-43(37)55(49,7)8)58(51(36)38)56-45-30-40-35-19-12-14-23-42(35)54(5,6)44(40)31-47(45)57(48(28-32)50(41)56)46-26-25-34(53(2,3)4)29-39(46)33-17-10-9-11-18-33/h9-31H,1-8H3. The summed E-state index contributed by atoms with van der Waals surface area (Å²) in [6.07, 6.45) is 0. The number of nitrogens with zero attached hydrogens (tertiary/aromatic N) is 2. The van der Waals surface area contributed by atoms with Crippen LogP contribution in [0.1, 0.15) is 81.8 Å². The molecule has 7 aromatic carbocycles. The van der Waals surface area contributed by atoms with Gasteiger partial charge in [0.15, 0.2) is 0 Å². The van der Waals surface area contributed by atoms with Gasteiger partial charge in [-0.2, -0.15) is 0 Å². The van der Waals surface area contributed by atoms with Gasteiger partial charge in [-0.15, -0.1) is 0 Å². The number of aromatic nitrogens is 1. The monoisotopic (exact) mass is 746 g/mol. The fourth-order valence-corrected chi connectivity index (χ4v) is 11.6. The van der Waals surface area contributed by atoms with Gasteiger partial charge in [-0.05, 0) is 103 Å². The Labute approximate surface area is 342 Å². The number of hydrogen-bond donors (Lipinski definition) is 0. The lowest BCUT2D eigenvalue weighted by molar-refractivity contribution is 0.590. The maximum absolute atomic E-state index is 2.78. The molecule has 0 amide bonds. The number of anilines is 3. The molecule has 3 heterocycles. The van der Waals surface area contributed by atoms with E-state index in [-0.39, 0.29) is 23.1 Å². The largest absolute Gasteiger partial charge is 0.375 e. The van der Waals surface area contributed by atoms with Gasteiger partial charge in [0.05, 0.1) is 5.69 Å². The Balaban J connectivity index is 1.25. The summed E-state index contributed by atoms with van der Waals surface area (Å²) < 4.78 is 2.78. The lowest BCUT2D eigenvalue weighted by Crippen LogP contribution is -2.57. The zero-order chi connectivity index (χ0) is 39.6. The number of benzene rings is 7. The summed E-state index contributed by atoms with van der Waals surface area (Å²) in [7, 11) is 0. The number of hydrogen-bond acceptors (Lipinski definition) is 1. The van der Waals surface area contributed by atoms with Gasteiger partial charge >= 0.3 is 6.85 Å². The molecule has 280 valence electrons. The van der Waals surface area contributed by atoms with E-state index in [2.05, 4.69) is 204 Å². The van der Waals surface area contributed by atoms with E-state index >= 15 is 0 Å². The molecule has 0 fully saturated rings. The normalized spacial score (nSPS) is 15.8. The summed E-state index contributed by atoms with van der Waals surface area (Å²) in [5.74, 6) is 0. The third-order valence-electron chi connectivity index (χ3n) is 14.3. The van der Waals surface area contributed by atoms with Crippen molar-refractivity contribution in [2.75, 3.05) is 4.90 Å². The van der Waals surface area contributed by atoms with Crippen LogP contribution >= 0.6 is 0 Å². The molecule has 2 aliphatic carbocycles. The van der Waals surface area contributed by atoms with Gasteiger partial charge < -0.3 is 9.38 Å². The Kier molecular flexibility index (Phi) is 6.52. The smallest absolute Gasteiger partial charge is 0.333 e. The first-order valence-corrected chi connectivity index (χ1v) is 21.1. The molecule has 1 aromatic heterocycles. The van der Waals surface area contributed by atoms with Crippen LogP contribution in [0, 0.1) is 6.92 Å². The Hall–Kier alpha value is -6.06. The Morgan fingerprint density at radius 1 is 0.517 bits per heavy atom. The molecule has 0 saturated carbocycles. The summed E-state index contributed by atoms with van der Waals surface area (Å²) in [6.45, 7) is 18.9. The van der Waals surface area contributed by atoms with Crippen molar-refractivity contribution >= 4 is 45.7 Å². The SMILES string of the molecule is Cc1cc2c3c(c1)N(c1ccc(C(C)(C)C)cc1-c1ccccc1)c1cc4c(cc1B3n1c3c(c5cccc-2c51)C(C)(C)c1ccccc1-3)-c1ccccc1C4(C)C. The van der Waals surface area contributed by atoms with Crippen molar-refractivity contribution in [3.05, 3.63) is 173 Å². The predicted molar refractivity (Wildman–Crippen MR) is 246 cm³/mol. The van der Waals surface area contributed by atoms with Gasteiger partial charge in [-0.25, -0.2) is 0 Å². The van der Waals surface area contributed by atoms with Crippen molar-refractivity contribution in [2.45, 2.75) is 71.6 Å². The summed E-state index contributed by atoms with van der Waals surface area (Å²) in [6, 6.07) is 53.8. The fraction of sp³-hybridized carbons (Fsp3) is 0.200. The second-order valence-corrected chi connectivity index (χ2v) is 19.4. The van der Waals surface area contributed by atoms with Crippen LogP contribution in [0.2, 0.25) is 0 Å². The van der Waals surface area contributed by atoms with Crippen LogP contribution in [-0.4, -0.2) is 11.3 Å². The Morgan fingerprint density at radius 3 is 1.97 bits per heavy atom. The van der Waals surface area contributed by atoms with Crippen LogP contribution in [0.25, 0.3) is 55.5 Å². The van der Waals surface area contributed by atoms with E-state index < -0.39 is 0 Å². The third-order valence-corrected chi connectivity index (χ3v) is 14.3. The van der Waals surface area contributed by atoms with E-state index in [0.717, 1.165) is 0 Å². The highest BCUT2D eigenvalue weighted by Crippen LogP contribution is 2.57. The van der Waals surface area contributed by atoms with Gasteiger partial charge in [0, 0.05) is 55.5 Å². The van der Waals surface area contributed by atoms with Crippen LogP contribution in [0.15, 0.2) is 140 Å². The minimum atomic E-state index is -0.146. The highest BCUT2D eigenvalue weighted by atomic mass is 15.2. The van der Waals surface area contributed by atoms with Crippen LogP contribution in [0.3, 0.4) is 0 Å². The van der Waals surface area contributed by atoms with E-state index in [9.17, 15) is 0 Å². The maximum Gasteiger partial charge on any atom is 0.333 e. The van der Waals surface area contributed by atoms with Crippen molar-refractivity contribution in [3.63, 3.8) is 0 Å². The predicted octanol–water partition coefficient (Wildman–Crippen LogP) is 12.9. The summed E-state index contributed by atoms with van der Waals surface area (Å²) in [5.41, 5.74) is 26.5. The topological polar surface area (TPSA) is 8.17 Å². The molecule has 2 aliphatic heterocycles. The molecule has 2 nitrogen and oxygen atoms in total. The molecule has 12 rings (SSSR count). The molecule has 58 heavy (non-hydrogen) atoms. The molecule has 0 radical (unpaired) electrons. The van der Waals surface area contributed by atoms with E-state index in [1.54, 1.807) is 0 Å².